The summed E-state index contributed by atoms with van der Waals surface area (Å²) in [6.45, 7) is 11.9. The number of phosphoric ester groups is 2. The molecular weight excluding hydrogens is 1290 g/mol. The van der Waals surface area contributed by atoms with E-state index in [1.165, 1.54) is 218 Å². The molecule has 0 radical (unpaired) electrons. The molecular formula is C80H156O17P2. The van der Waals surface area contributed by atoms with Gasteiger partial charge in [-0.1, -0.05) is 363 Å². The Morgan fingerprint density at radius 2 is 0.465 bits per heavy atom. The van der Waals surface area contributed by atoms with E-state index in [4.69, 9.17) is 37.0 Å². The first-order valence-corrected chi connectivity index (χ1v) is 44.3. The summed E-state index contributed by atoms with van der Waals surface area (Å²) in [5, 5.41) is 10.6. The van der Waals surface area contributed by atoms with E-state index in [9.17, 15) is 43.2 Å². The van der Waals surface area contributed by atoms with Gasteiger partial charge >= 0.3 is 39.5 Å². The third-order valence-corrected chi connectivity index (χ3v) is 20.5. The molecule has 0 saturated carbocycles. The zero-order valence-electron chi connectivity index (χ0n) is 65.0. The number of aliphatic hydroxyl groups excluding tert-OH is 1. The Morgan fingerprint density at radius 1 is 0.273 bits per heavy atom. The Kier molecular flexibility index (Phi) is 69.0. The number of unbranched alkanes of at least 4 members (excludes halogenated alkanes) is 46. The summed E-state index contributed by atoms with van der Waals surface area (Å²) in [6, 6.07) is 0. The van der Waals surface area contributed by atoms with E-state index in [2.05, 4.69) is 48.5 Å². The summed E-state index contributed by atoms with van der Waals surface area (Å²) < 4.78 is 68.7. The van der Waals surface area contributed by atoms with Gasteiger partial charge in [0.1, 0.15) is 19.3 Å². The summed E-state index contributed by atoms with van der Waals surface area (Å²) in [5.41, 5.74) is 0. The maximum absolute atomic E-state index is 13.1. The van der Waals surface area contributed by atoms with Crippen LogP contribution in [0.25, 0.3) is 0 Å². The fraction of sp³-hybridized carbons (Fsp3) is 0.950. The minimum Gasteiger partial charge on any atom is -0.462 e. The van der Waals surface area contributed by atoms with Crippen LogP contribution >= 0.6 is 15.6 Å². The van der Waals surface area contributed by atoms with Gasteiger partial charge in [-0.15, -0.1) is 0 Å². The van der Waals surface area contributed by atoms with Gasteiger partial charge in [0.25, 0.3) is 0 Å². The molecule has 0 aromatic carbocycles. The second kappa shape index (κ2) is 70.4. The molecule has 17 nitrogen and oxygen atoms in total. The van der Waals surface area contributed by atoms with Gasteiger partial charge in [-0.3, -0.25) is 37.3 Å². The Morgan fingerprint density at radius 3 is 0.687 bits per heavy atom. The van der Waals surface area contributed by atoms with Crippen LogP contribution in [0.1, 0.15) is 414 Å². The predicted molar refractivity (Wildman–Crippen MR) is 405 cm³/mol. The summed E-state index contributed by atoms with van der Waals surface area (Å²) in [5.74, 6) is 0.184. The molecule has 2 unspecified atom stereocenters. The van der Waals surface area contributed by atoms with Crippen molar-refractivity contribution in [1.82, 2.24) is 0 Å². The van der Waals surface area contributed by atoms with Crippen LogP contribution in [-0.4, -0.2) is 96.7 Å². The first-order chi connectivity index (χ1) is 47.7. The number of hydrogen-bond acceptors (Lipinski definition) is 15. The third-order valence-electron chi connectivity index (χ3n) is 18.6. The SMILES string of the molecule is CCCCCCCCCCCCCCCCCC(=O)O[C@H](COC(=O)CCCCCCCCCC(C)C)COP(=O)(O)OC[C@H](O)COP(=O)(O)OC[C@@H](COC(=O)CCCCCCCCCCCCCCC(C)C)OC(=O)CCCCCCCCCCCCCCCCCCC(C)C. The maximum Gasteiger partial charge on any atom is 0.472 e. The number of esters is 4. The highest BCUT2D eigenvalue weighted by molar-refractivity contribution is 7.47. The van der Waals surface area contributed by atoms with Crippen LogP contribution in [0.3, 0.4) is 0 Å². The van der Waals surface area contributed by atoms with Gasteiger partial charge in [0.2, 0.25) is 0 Å². The molecule has 0 amide bonds. The summed E-state index contributed by atoms with van der Waals surface area (Å²) >= 11 is 0. The molecule has 0 aliphatic carbocycles. The lowest BCUT2D eigenvalue weighted by atomic mass is 10.0. The molecule has 0 aliphatic heterocycles. The average Bonchev–Trinajstić information content (AvgIpc) is 1.04. The monoisotopic (exact) mass is 1450 g/mol. The van der Waals surface area contributed by atoms with Gasteiger partial charge in [0.05, 0.1) is 26.4 Å². The predicted octanol–water partition coefficient (Wildman–Crippen LogP) is 23.7. The Labute approximate surface area is 607 Å². The van der Waals surface area contributed by atoms with Crippen LogP contribution in [0.15, 0.2) is 0 Å². The van der Waals surface area contributed by atoms with Crippen molar-refractivity contribution in [3.63, 3.8) is 0 Å². The molecule has 3 N–H and O–H groups in total. The van der Waals surface area contributed by atoms with Crippen molar-refractivity contribution in [2.24, 2.45) is 17.8 Å². The number of aliphatic hydroxyl groups is 1. The smallest absolute Gasteiger partial charge is 0.462 e. The van der Waals surface area contributed by atoms with Crippen molar-refractivity contribution in [1.29, 1.82) is 0 Å². The zero-order valence-corrected chi connectivity index (χ0v) is 66.8. The van der Waals surface area contributed by atoms with Crippen molar-refractivity contribution in [2.75, 3.05) is 39.6 Å². The van der Waals surface area contributed by atoms with E-state index in [1.807, 2.05) is 0 Å². The number of carbonyl (C=O) groups is 4. The second-order valence-corrected chi connectivity index (χ2v) is 33.1. The Hall–Kier alpha value is -1.94. The summed E-state index contributed by atoms with van der Waals surface area (Å²) in [6.07, 6.45) is 58.3. The highest BCUT2D eigenvalue weighted by atomic mass is 31.2. The van der Waals surface area contributed by atoms with Crippen LogP contribution in [0.4, 0.5) is 0 Å². The van der Waals surface area contributed by atoms with Crippen molar-refractivity contribution >= 4 is 39.5 Å². The van der Waals surface area contributed by atoms with Crippen LogP contribution in [0, 0.1) is 17.8 Å². The largest absolute Gasteiger partial charge is 0.472 e. The topological polar surface area (TPSA) is 237 Å². The lowest BCUT2D eigenvalue weighted by Gasteiger charge is -2.21. The lowest BCUT2D eigenvalue weighted by Crippen LogP contribution is -2.30. The molecule has 19 heteroatoms. The molecule has 0 spiro atoms. The number of ether oxygens (including phenoxy) is 4. The minimum absolute atomic E-state index is 0.107. The molecule has 588 valence electrons. The molecule has 0 aromatic heterocycles. The van der Waals surface area contributed by atoms with Crippen molar-refractivity contribution in [2.45, 2.75) is 433 Å². The van der Waals surface area contributed by atoms with Crippen LogP contribution in [-0.2, 0) is 65.4 Å². The Bertz CT molecular complexity index is 1920. The normalized spacial score (nSPS) is 14.0. The molecule has 0 fully saturated rings. The van der Waals surface area contributed by atoms with E-state index in [0.717, 1.165) is 108 Å². The van der Waals surface area contributed by atoms with Crippen molar-refractivity contribution in [3.05, 3.63) is 0 Å². The number of carbonyl (C=O) groups excluding carboxylic acids is 4. The van der Waals surface area contributed by atoms with E-state index >= 15 is 0 Å². The van der Waals surface area contributed by atoms with Gasteiger partial charge < -0.3 is 33.8 Å². The highest BCUT2D eigenvalue weighted by Gasteiger charge is 2.30. The molecule has 0 heterocycles. The van der Waals surface area contributed by atoms with E-state index in [-0.39, 0.29) is 25.7 Å². The second-order valence-electron chi connectivity index (χ2n) is 30.2. The maximum atomic E-state index is 13.1. The molecule has 0 bridgehead atoms. The van der Waals surface area contributed by atoms with Crippen LogP contribution in [0.5, 0.6) is 0 Å². The quantitative estimate of drug-likeness (QED) is 0.0222. The number of phosphoric acid groups is 2. The fourth-order valence-corrected chi connectivity index (χ4v) is 13.9. The van der Waals surface area contributed by atoms with Gasteiger partial charge in [-0.25, -0.2) is 9.13 Å². The van der Waals surface area contributed by atoms with Crippen molar-refractivity contribution < 1.29 is 80.2 Å². The zero-order chi connectivity index (χ0) is 73.0. The molecule has 0 aromatic rings. The van der Waals surface area contributed by atoms with Gasteiger partial charge in [0.15, 0.2) is 12.2 Å². The fourth-order valence-electron chi connectivity index (χ4n) is 12.3. The minimum atomic E-state index is -4.96. The first kappa shape index (κ1) is 97.1. The highest BCUT2D eigenvalue weighted by Crippen LogP contribution is 2.45. The van der Waals surface area contributed by atoms with Gasteiger partial charge in [-0.2, -0.15) is 0 Å². The van der Waals surface area contributed by atoms with Gasteiger partial charge in [-0.05, 0) is 43.4 Å². The van der Waals surface area contributed by atoms with Crippen LogP contribution in [0.2, 0.25) is 0 Å². The molecule has 5 atom stereocenters. The lowest BCUT2D eigenvalue weighted by molar-refractivity contribution is -0.161. The summed E-state index contributed by atoms with van der Waals surface area (Å²) in [4.78, 5) is 73.0. The van der Waals surface area contributed by atoms with E-state index < -0.39 is 97.5 Å². The van der Waals surface area contributed by atoms with Gasteiger partial charge in [0, 0.05) is 25.7 Å². The van der Waals surface area contributed by atoms with Crippen LogP contribution < -0.4 is 0 Å². The first-order valence-electron chi connectivity index (χ1n) is 41.3. The number of hydrogen-bond donors (Lipinski definition) is 3. The van der Waals surface area contributed by atoms with E-state index in [0.29, 0.717) is 31.6 Å². The molecule has 0 saturated heterocycles. The molecule has 0 rings (SSSR count). The average molecular weight is 1450 g/mol. The standard InChI is InChI=1S/C80H156O17P2/c1-8-9-10-11-12-13-14-15-18-22-29-34-41-49-56-63-80(85)97-76(68-91-78(83)62-55-48-43-36-39-46-53-60-73(6)7)70-95-99(88,89)93-66-74(81)65-92-98(86,87)94-69-75(67-90-77(82)61-54-47-40-33-28-25-24-27-32-38-45-52-59-72(4)5)96-79(84)64-57-50-42-35-30-23-20-17-16-19-21-26-31-37-44-51-58-71(2)3/h71-76,81H,8-70H2,1-7H3,(H,86,87)(H,88,89)/t74-,75-,76-/m1/s1. The summed E-state index contributed by atoms with van der Waals surface area (Å²) in [7, 11) is -9.92. The number of rotatable bonds is 78. The van der Waals surface area contributed by atoms with E-state index in [1.54, 1.807) is 0 Å². The molecule has 99 heavy (non-hydrogen) atoms. The van der Waals surface area contributed by atoms with Crippen molar-refractivity contribution in [3.8, 4) is 0 Å². The third kappa shape index (κ3) is 74.1. The molecule has 0 aliphatic rings. The Balaban J connectivity index is 5.24.